The van der Waals surface area contributed by atoms with Crippen molar-refractivity contribution in [3.05, 3.63) is 48.6 Å². The fourth-order valence-electron chi connectivity index (χ4n) is 2.17. The summed E-state index contributed by atoms with van der Waals surface area (Å²) < 4.78 is 26.9. The van der Waals surface area contributed by atoms with Gasteiger partial charge in [-0.15, -0.1) is 0 Å². The molecule has 0 radical (unpaired) electrons. The quantitative estimate of drug-likeness (QED) is 0.194. The molecule has 0 spiro atoms. The van der Waals surface area contributed by atoms with Crippen molar-refractivity contribution in [3.63, 3.8) is 0 Å². The second-order valence-corrected chi connectivity index (χ2v) is 7.06. The van der Waals surface area contributed by atoms with E-state index in [2.05, 4.69) is 26.3 Å². The van der Waals surface area contributed by atoms with Crippen molar-refractivity contribution in [3.8, 4) is 0 Å². The number of hydrogen-bond donors (Lipinski definition) is 1. The van der Waals surface area contributed by atoms with Crippen molar-refractivity contribution < 1.29 is 43.2 Å². The predicted octanol–water partition coefficient (Wildman–Crippen LogP) is 1.72. The lowest BCUT2D eigenvalue weighted by molar-refractivity contribution is -0.291. The Labute approximate surface area is 175 Å². The molecule has 30 heavy (non-hydrogen) atoms. The Bertz CT molecular complexity index is 752. The van der Waals surface area contributed by atoms with Gasteiger partial charge in [-0.1, -0.05) is 26.3 Å². The third-order valence-corrected chi connectivity index (χ3v) is 3.86. The van der Waals surface area contributed by atoms with E-state index in [0.29, 0.717) is 0 Å². The van der Waals surface area contributed by atoms with Crippen LogP contribution in [0.2, 0.25) is 0 Å². The smallest absolute Gasteiger partial charge is 0.335 e. The summed E-state index contributed by atoms with van der Waals surface area (Å²) in [6.45, 7) is 19.6. The van der Waals surface area contributed by atoms with Crippen molar-refractivity contribution >= 4 is 17.9 Å². The van der Waals surface area contributed by atoms with Crippen LogP contribution >= 0.6 is 0 Å². The molecule has 3 unspecified atom stereocenters. The number of rotatable bonds is 9. The van der Waals surface area contributed by atoms with Crippen molar-refractivity contribution in [1.82, 2.24) is 0 Å². The number of aliphatic hydroxyl groups is 1. The molecule has 0 aromatic rings. The molecular formula is C21H28O9. The molecule has 9 heteroatoms. The minimum atomic E-state index is -1.48. The predicted molar refractivity (Wildman–Crippen MR) is 106 cm³/mol. The first kappa shape index (κ1) is 25.3. The van der Waals surface area contributed by atoms with Gasteiger partial charge in [0.15, 0.2) is 18.5 Å². The van der Waals surface area contributed by atoms with Crippen molar-refractivity contribution in [1.29, 1.82) is 0 Å². The molecule has 0 aromatic heterocycles. The number of ether oxygens (including phenoxy) is 5. The van der Waals surface area contributed by atoms with Crippen LogP contribution in [0.4, 0.5) is 0 Å². The molecule has 0 aliphatic carbocycles. The van der Waals surface area contributed by atoms with E-state index in [0.717, 1.165) is 0 Å². The average molecular weight is 424 g/mol. The number of hydrogen-bond acceptors (Lipinski definition) is 9. The second-order valence-electron chi connectivity index (χ2n) is 7.06. The first-order valence-electron chi connectivity index (χ1n) is 9.05. The highest BCUT2D eigenvalue weighted by atomic mass is 16.7. The highest BCUT2D eigenvalue weighted by Gasteiger charge is 2.49. The number of aliphatic hydroxyl groups excluding tert-OH is 1. The molecule has 166 valence electrons. The molecule has 1 N–H and O–H groups in total. The van der Waals surface area contributed by atoms with E-state index in [9.17, 15) is 19.5 Å². The minimum Gasteiger partial charge on any atom is -0.454 e. The summed E-state index contributed by atoms with van der Waals surface area (Å²) in [5.41, 5.74) is 0.492. The van der Waals surface area contributed by atoms with Crippen molar-refractivity contribution in [2.75, 3.05) is 6.61 Å². The van der Waals surface area contributed by atoms with E-state index in [4.69, 9.17) is 23.7 Å². The van der Waals surface area contributed by atoms with E-state index in [1.807, 2.05) is 0 Å². The van der Waals surface area contributed by atoms with Crippen LogP contribution in [-0.4, -0.2) is 60.5 Å². The molecule has 0 bridgehead atoms. The minimum absolute atomic E-state index is 0.0558. The Morgan fingerprint density at radius 3 is 1.77 bits per heavy atom. The van der Waals surface area contributed by atoms with Crippen LogP contribution in [0.1, 0.15) is 27.7 Å². The maximum absolute atomic E-state index is 12.2. The third-order valence-electron chi connectivity index (χ3n) is 3.86. The maximum atomic E-state index is 12.2. The third kappa shape index (κ3) is 6.94. The second kappa shape index (κ2) is 10.9. The van der Waals surface area contributed by atoms with Gasteiger partial charge in [-0.05, 0) is 33.3 Å². The van der Waals surface area contributed by atoms with E-state index >= 15 is 0 Å². The SMILES string of the molecule is C=C(C)C(=O)OC1OC[C@@H](OC(=O)C(=C)C)[C@@H](OC(O)C(=C)C)C1OC(=O)C(=C)C. The van der Waals surface area contributed by atoms with Crippen molar-refractivity contribution in [2.24, 2.45) is 0 Å². The van der Waals surface area contributed by atoms with Gasteiger partial charge in [-0.25, -0.2) is 14.4 Å². The molecule has 5 atom stereocenters. The summed E-state index contributed by atoms with van der Waals surface area (Å²) in [6.07, 6.45) is -6.68. The van der Waals surface area contributed by atoms with Gasteiger partial charge in [0.05, 0.1) is 6.61 Å². The van der Waals surface area contributed by atoms with Gasteiger partial charge in [0, 0.05) is 16.7 Å². The molecule has 1 saturated heterocycles. The summed E-state index contributed by atoms with van der Waals surface area (Å²) in [7, 11) is 0. The fourth-order valence-corrected chi connectivity index (χ4v) is 2.17. The van der Waals surface area contributed by atoms with Crippen LogP contribution in [0.25, 0.3) is 0 Å². The molecule has 1 fully saturated rings. The van der Waals surface area contributed by atoms with Gasteiger partial charge < -0.3 is 28.8 Å². The Balaban J connectivity index is 3.30. The van der Waals surface area contributed by atoms with Crippen LogP contribution in [0, 0.1) is 0 Å². The van der Waals surface area contributed by atoms with E-state index in [1.165, 1.54) is 27.7 Å². The lowest BCUT2D eigenvalue weighted by Crippen LogP contribution is -2.59. The van der Waals surface area contributed by atoms with Gasteiger partial charge >= 0.3 is 17.9 Å². The van der Waals surface area contributed by atoms with Gasteiger partial charge in [0.1, 0.15) is 6.10 Å². The number of carbonyl (C=O) groups is 3. The zero-order valence-electron chi connectivity index (χ0n) is 17.6. The van der Waals surface area contributed by atoms with Crippen molar-refractivity contribution in [2.45, 2.75) is 58.6 Å². The van der Waals surface area contributed by atoms with Gasteiger partial charge in [0.25, 0.3) is 0 Å². The zero-order chi connectivity index (χ0) is 23.2. The van der Waals surface area contributed by atoms with Gasteiger partial charge in [-0.3, -0.25) is 0 Å². The molecule has 9 nitrogen and oxygen atoms in total. The lowest BCUT2D eigenvalue weighted by Gasteiger charge is -2.41. The Morgan fingerprint density at radius 1 is 0.833 bits per heavy atom. The summed E-state index contributed by atoms with van der Waals surface area (Å²) in [5, 5.41) is 10.2. The molecule has 1 aliphatic heterocycles. The normalized spacial score (nSPS) is 24.2. The average Bonchev–Trinajstić information content (AvgIpc) is 2.64. The highest BCUT2D eigenvalue weighted by Crippen LogP contribution is 2.28. The number of carbonyl (C=O) groups excluding carboxylic acids is 3. The molecule has 1 rings (SSSR count). The van der Waals surface area contributed by atoms with E-state index in [1.54, 1.807) is 0 Å². The summed E-state index contributed by atoms with van der Waals surface area (Å²) in [5.74, 6) is -2.37. The summed E-state index contributed by atoms with van der Waals surface area (Å²) in [4.78, 5) is 36.2. The molecule has 0 amide bonds. The molecular weight excluding hydrogens is 396 g/mol. The highest BCUT2D eigenvalue weighted by molar-refractivity contribution is 5.88. The molecule has 1 aliphatic rings. The topological polar surface area (TPSA) is 118 Å². The molecule has 1 heterocycles. The van der Waals surface area contributed by atoms with E-state index in [-0.39, 0.29) is 28.9 Å². The van der Waals surface area contributed by atoms with Crippen LogP contribution < -0.4 is 0 Å². The Hall–Kier alpha value is -2.75. The zero-order valence-corrected chi connectivity index (χ0v) is 17.6. The van der Waals surface area contributed by atoms with Gasteiger partial charge in [-0.2, -0.15) is 0 Å². The molecule has 0 saturated carbocycles. The van der Waals surface area contributed by atoms with Crippen LogP contribution in [0.5, 0.6) is 0 Å². The number of esters is 3. The van der Waals surface area contributed by atoms with Gasteiger partial charge in [0.2, 0.25) is 6.29 Å². The summed E-state index contributed by atoms with van der Waals surface area (Å²) in [6, 6.07) is 0. The molecule has 0 aromatic carbocycles. The first-order valence-corrected chi connectivity index (χ1v) is 9.05. The maximum Gasteiger partial charge on any atom is 0.335 e. The van der Waals surface area contributed by atoms with Crippen LogP contribution in [0.3, 0.4) is 0 Å². The van der Waals surface area contributed by atoms with E-state index < -0.39 is 48.8 Å². The Morgan fingerprint density at radius 2 is 1.30 bits per heavy atom. The fraction of sp³-hybridized carbons (Fsp3) is 0.476. The first-order chi connectivity index (χ1) is 13.8. The summed E-state index contributed by atoms with van der Waals surface area (Å²) >= 11 is 0. The standard InChI is InChI=1S/C21H28O9/c1-10(2)17(22)27-14-9-26-21(30-20(25)13(7)8)16(29-19(24)12(5)6)15(14)28-18(23)11(3)4/h14-16,18,21,23H,1,3,5,7,9H2,2,4,6,8H3/t14-,15-,16?,18?,21?/m1/s1. The monoisotopic (exact) mass is 424 g/mol. The largest absolute Gasteiger partial charge is 0.454 e. The van der Waals surface area contributed by atoms with Crippen LogP contribution in [-0.2, 0) is 38.1 Å². The lowest BCUT2D eigenvalue weighted by atomic mass is 10.0. The Kier molecular flexibility index (Phi) is 9.16. The van der Waals surface area contributed by atoms with Crippen LogP contribution in [0.15, 0.2) is 48.6 Å².